The molecule has 0 saturated carbocycles. The monoisotopic (exact) mass is 219 g/mol. The van der Waals surface area contributed by atoms with E-state index in [2.05, 4.69) is 13.0 Å². The zero-order valence-electron chi connectivity index (χ0n) is 10.0. The number of halogens is 1. The topological polar surface area (TPSA) is 26.0 Å². The zero-order chi connectivity index (χ0) is 12.1. The molecule has 0 heterocycles. The Hall–Kier alpha value is -1.57. The third-order valence-electron chi connectivity index (χ3n) is 2.28. The smallest absolute Gasteiger partial charge is 0.124 e. The molecule has 0 bridgehead atoms. The van der Waals surface area contributed by atoms with E-state index in [1.165, 1.54) is 12.1 Å². The first kappa shape index (κ1) is 12.5. The molecule has 2 heteroatoms. The second kappa shape index (κ2) is 5.50. The van der Waals surface area contributed by atoms with Crippen LogP contribution in [-0.2, 0) is 0 Å². The first-order valence-corrected chi connectivity index (χ1v) is 5.44. The fraction of sp³-hybridized carbons (Fsp3) is 0.286. The molecule has 1 aromatic rings. The second-order valence-electron chi connectivity index (χ2n) is 3.97. The predicted octanol–water partition coefficient (Wildman–Crippen LogP) is 3.79. The molecule has 0 atom stereocenters. The van der Waals surface area contributed by atoms with Gasteiger partial charge in [-0.25, -0.2) is 4.39 Å². The summed E-state index contributed by atoms with van der Waals surface area (Å²) in [4.78, 5) is 0. The van der Waals surface area contributed by atoms with E-state index in [0.29, 0.717) is 5.70 Å². The molecule has 0 amide bonds. The van der Waals surface area contributed by atoms with Crippen LogP contribution in [0.4, 0.5) is 4.39 Å². The Morgan fingerprint density at radius 3 is 2.62 bits per heavy atom. The minimum Gasteiger partial charge on any atom is -0.398 e. The normalized spacial score (nSPS) is 13.0. The molecule has 0 aliphatic heterocycles. The van der Waals surface area contributed by atoms with Gasteiger partial charge in [0.2, 0.25) is 0 Å². The van der Waals surface area contributed by atoms with Crippen LogP contribution in [0.15, 0.2) is 35.9 Å². The Bertz CT molecular complexity index is 410. The quantitative estimate of drug-likeness (QED) is 0.769. The van der Waals surface area contributed by atoms with Gasteiger partial charge >= 0.3 is 0 Å². The van der Waals surface area contributed by atoms with Crippen LogP contribution in [0, 0.1) is 12.7 Å². The highest BCUT2D eigenvalue weighted by Crippen LogP contribution is 2.15. The highest BCUT2D eigenvalue weighted by atomic mass is 19.1. The van der Waals surface area contributed by atoms with E-state index in [0.717, 1.165) is 23.1 Å². The lowest BCUT2D eigenvalue weighted by atomic mass is 10.1. The van der Waals surface area contributed by atoms with Crippen LogP contribution in [0.2, 0.25) is 0 Å². The second-order valence-corrected chi connectivity index (χ2v) is 3.97. The van der Waals surface area contributed by atoms with Crippen molar-refractivity contribution in [2.24, 2.45) is 5.73 Å². The summed E-state index contributed by atoms with van der Waals surface area (Å²) in [5.74, 6) is -0.247. The zero-order valence-corrected chi connectivity index (χ0v) is 10.0. The van der Waals surface area contributed by atoms with Gasteiger partial charge < -0.3 is 5.73 Å². The SMILES string of the molecule is CC/C=C(C)\C=C(/N)c1cc(C)cc(F)c1. The van der Waals surface area contributed by atoms with Crippen LogP contribution in [0.5, 0.6) is 0 Å². The minimum absolute atomic E-state index is 0.247. The molecule has 0 aliphatic carbocycles. The summed E-state index contributed by atoms with van der Waals surface area (Å²) in [6.07, 6.45) is 4.93. The molecule has 0 radical (unpaired) electrons. The lowest BCUT2D eigenvalue weighted by Crippen LogP contribution is -1.98. The van der Waals surface area contributed by atoms with Crippen molar-refractivity contribution in [1.82, 2.24) is 0 Å². The van der Waals surface area contributed by atoms with E-state index in [4.69, 9.17) is 5.73 Å². The number of allylic oxidation sites excluding steroid dienone is 3. The summed E-state index contributed by atoms with van der Waals surface area (Å²) in [5.41, 5.74) is 9.23. The number of aryl methyl sites for hydroxylation is 1. The third kappa shape index (κ3) is 3.54. The fourth-order valence-electron chi connectivity index (χ4n) is 1.61. The van der Waals surface area contributed by atoms with Gasteiger partial charge in [-0.2, -0.15) is 0 Å². The van der Waals surface area contributed by atoms with Gasteiger partial charge in [-0.3, -0.25) is 0 Å². The highest BCUT2D eigenvalue weighted by Gasteiger charge is 2.00. The van der Waals surface area contributed by atoms with Crippen molar-refractivity contribution in [1.29, 1.82) is 0 Å². The van der Waals surface area contributed by atoms with Crippen LogP contribution < -0.4 is 5.73 Å². The number of rotatable bonds is 3. The summed E-state index contributed by atoms with van der Waals surface area (Å²) < 4.78 is 13.2. The molecule has 1 aromatic carbocycles. The molecule has 1 rings (SSSR count). The van der Waals surface area contributed by atoms with Gasteiger partial charge in [0.1, 0.15) is 5.82 Å². The predicted molar refractivity (Wildman–Crippen MR) is 67.3 cm³/mol. The molecule has 0 aromatic heterocycles. The van der Waals surface area contributed by atoms with E-state index in [1.807, 2.05) is 26.0 Å². The lowest BCUT2D eigenvalue weighted by Gasteiger charge is -2.04. The number of nitrogens with two attached hydrogens (primary N) is 1. The summed E-state index contributed by atoms with van der Waals surface area (Å²) in [7, 11) is 0. The Kier molecular flexibility index (Phi) is 4.29. The van der Waals surface area contributed by atoms with Crippen LogP contribution in [-0.4, -0.2) is 0 Å². The van der Waals surface area contributed by atoms with E-state index < -0.39 is 0 Å². The van der Waals surface area contributed by atoms with Crippen molar-refractivity contribution in [3.63, 3.8) is 0 Å². The summed E-state index contributed by atoms with van der Waals surface area (Å²) in [5, 5.41) is 0. The summed E-state index contributed by atoms with van der Waals surface area (Å²) >= 11 is 0. The average molecular weight is 219 g/mol. The summed E-state index contributed by atoms with van der Waals surface area (Å²) in [6, 6.07) is 4.83. The van der Waals surface area contributed by atoms with E-state index in [1.54, 1.807) is 0 Å². The van der Waals surface area contributed by atoms with Crippen LogP contribution >= 0.6 is 0 Å². The largest absolute Gasteiger partial charge is 0.398 e. The molecular formula is C14H18FN. The van der Waals surface area contributed by atoms with Crippen molar-refractivity contribution >= 4 is 5.70 Å². The molecule has 0 spiro atoms. The van der Waals surface area contributed by atoms with Gasteiger partial charge in [0.25, 0.3) is 0 Å². The van der Waals surface area contributed by atoms with Gasteiger partial charge in [0, 0.05) is 11.3 Å². The number of benzene rings is 1. The van der Waals surface area contributed by atoms with E-state index >= 15 is 0 Å². The fourth-order valence-corrected chi connectivity index (χ4v) is 1.61. The van der Waals surface area contributed by atoms with Crippen molar-refractivity contribution in [3.8, 4) is 0 Å². The molecule has 2 N–H and O–H groups in total. The first-order valence-electron chi connectivity index (χ1n) is 5.44. The molecule has 1 nitrogen and oxygen atoms in total. The van der Waals surface area contributed by atoms with Gasteiger partial charge in [-0.15, -0.1) is 0 Å². The van der Waals surface area contributed by atoms with Gasteiger partial charge in [0.15, 0.2) is 0 Å². The van der Waals surface area contributed by atoms with Crippen LogP contribution in [0.3, 0.4) is 0 Å². The van der Waals surface area contributed by atoms with Crippen molar-refractivity contribution < 1.29 is 4.39 Å². The average Bonchev–Trinajstić information content (AvgIpc) is 2.16. The molecule has 0 unspecified atom stereocenters. The molecule has 0 fully saturated rings. The molecule has 0 aliphatic rings. The van der Waals surface area contributed by atoms with Crippen LogP contribution in [0.25, 0.3) is 5.70 Å². The van der Waals surface area contributed by atoms with E-state index in [-0.39, 0.29) is 5.82 Å². The Morgan fingerprint density at radius 1 is 1.38 bits per heavy atom. The van der Waals surface area contributed by atoms with Crippen molar-refractivity contribution in [3.05, 3.63) is 52.9 Å². The molecule has 16 heavy (non-hydrogen) atoms. The summed E-state index contributed by atoms with van der Waals surface area (Å²) in [6.45, 7) is 5.91. The van der Waals surface area contributed by atoms with E-state index in [9.17, 15) is 4.39 Å². The molecule has 0 saturated heterocycles. The number of hydrogen-bond acceptors (Lipinski definition) is 1. The Morgan fingerprint density at radius 2 is 2.06 bits per heavy atom. The van der Waals surface area contributed by atoms with Gasteiger partial charge in [0.05, 0.1) is 0 Å². The van der Waals surface area contributed by atoms with Gasteiger partial charge in [-0.1, -0.05) is 18.6 Å². The maximum absolute atomic E-state index is 13.2. The lowest BCUT2D eigenvalue weighted by molar-refractivity contribution is 0.626. The highest BCUT2D eigenvalue weighted by molar-refractivity contribution is 5.65. The number of hydrogen-bond donors (Lipinski definition) is 1. The standard InChI is InChI=1S/C14H18FN/c1-4-5-10(2)8-14(16)12-6-11(3)7-13(15)9-12/h5-9H,4,16H2,1-3H3/b10-5-,14-8-. The van der Waals surface area contributed by atoms with Gasteiger partial charge in [-0.05, 0) is 50.1 Å². The Balaban J connectivity index is 3.04. The molecule has 86 valence electrons. The first-order chi connectivity index (χ1) is 7.52. The maximum Gasteiger partial charge on any atom is 0.124 e. The van der Waals surface area contributed by atoms with Crippen molar-refractivity contribution in [2.75, 3.05) is 0 Å². The van der Waals surface area contributed by atoms with Crippen molar-refractivity contribution in [2.45, 2.75) is 27.2 Å². The minimum atomic E-state index is -0.247. The van der Waals surface area contributed by atoms with Crippen LogP contribution in [0.1, 0.15) is 31.4 Å². The molecular weight excluding hydrogens is 201 g/mol. The Labute approximate surface area is 96.5 Å². The third-order valence-corrected chi connectivity index (χ3v) is 2.28. The maximum atomic E-state index is 13.2.